The fourth-order valence-electron chi connectivity index (χ4n) is 1.82. The first kappa shape index (κ1) is 9.35. The number of benzene rings is 1. The number of aromatic nitrogens is 3. The van der Waals surface area contributed by atoms with E-state index >= 15 is 0 Å². The van der Waals surface area contributed by atoms with Crippen LogP contribution in [0.5, 0.6) is 0 Å². The summed E-state index contributed by atoms with van der Waals surface area (Å²) in [4.78, 5) is 7.45. The molecule has 5 heteroatoms. The van der Waals surface area contributed by atoms with Crippen molar-refractivity contribution < 1.29 is 4.39 Å². The Morgan fingerprint density at radius 2 is 2.31 bits per heavy atom. The van der Waals surface area contributed by atoms with Gasteiger partial charge in [0, 0.05) is 18.3 Å². The maximum absolute atomic E-state index is 13.1. The molecule has 0 fully saturated rings. The number of nitrogens with zero attached hydrogens (tertiary/aromatic N) is 2. The van der Waals surface area contributed by atoms with Gasteiger partial charge in [-0.2, -0.15) is 0 Å². The molecule has 3 aromatic rings. The van der Waals surface area contributed by atoms with Gasteiger partial charge in [0.1, 0.15) is 5.82 Å². The molecule has 2 heterocycles. The van der Waals surface area contributed by atoms with Gasteiger partial charge in [-0.1, -0.05) is 0 Å². The van der Waals surface area contributed by atoms with Crippen LogP contribution in [0.3, 0.4) is 0 Å². The van der Waals surface area contributed by atoms with Crippen molar-refractivity contribution in [3.63, 3.8) is 0 Å². The summed E-state index contributed by atoms with van der Waals surface area (Å²) < 4.78 is 14.9. The largest absolute Gasteiger partial charge is 0.326 e. The maximum Gasteiger partial charge on any atom is 0.212 e. The Labute approximate surface area is 90.9 Å². The van der Waals surface area contributed by atoms with Crippen LogP contribution in [-0.4, -0.2) is 14.4 Å². The average Bonchev–Trinajstić information content (AvgIpc) is 2.75. The number of aromatic amines is 1. The highest BCUT2D eigenvalue weighted by Gasteiger charge is 2.10. The molecule has 0 radical (unpaired) electrons. The van der Waals surface area contributed by atoms with Gasteiger partial charge in [-0.3, -0.25) is 4.40 Å². The van der Waals surface area contributed by atoms with Crippen molar-refractivity contribution in [3.05, 3.63) is 35.9 Å². The summed E-state index contributed by atoms with van der Waals surface area (Å²) in [7, 11) is 0. The van der Waals surface area contributed by atoms with Crippen molar-refractivity contribution in [2.75, 3.05) is 0 Å². The highest BCUT2D eigenvalue weighted by Crippen LogP contribution is 2.19. The van der Waals surface area contributed by atoms with E-state index in [-0.39, 0.29) is 11.9 Å². The Hall–Kier alpha value is -1.88. The molecule has 3 N–H and O–H groups in total. The number of hydrogen-bond acceptors (Lipinski definition) is 2. The molecule has 1 atom stereocenters. The van der Waals surface area contributed by atoms with Crippen LogP contribution in [0.1, 0.15) is 18.7 Å². The number of fused-ring (bicyclic) bond motifs is 3. The van der Waals surface area contributed by atoms with Gasteiger partial charge in [-0.05, 0) is 19.1 Å². The first-order valence-corrected chi connectivity index (χ1v) is 5.07. The maximum atomic E-state index is 13.1. The first-order chi connectivity index (χ1) is 7.65. The summed E-state index contributed by atoms with van der Waals surface area (Å²) in [6.45, 7) is 1.88. The minimum absolute atomic E-state index is 0.0923. The zero-order valence-electron chi connectivity index (χ0n) is 8.74. The fourth-order valence-corrected chi connectivity index (χ4v) is 1.82. The van der Waals surface area contributed by atoms with Crippen LogP contribution in [-0.2, 0) is 0 Å². The van der Waals surface area contributed by atoms with Crippen molar-refractivity contribution in [1.82, 2.24) is 14.4 Å². The lowest BCUT2D eigenvalue weighted by Gasteiger charge is -1.98. The molecule has 1 unspecified atom stereocenters. The van der Waals surface area contributed by atoms with Crippen LogP contribution in [0.25, 0.3) is 16.8 Å². The molecule has 3 rings (SSSR count). The number of hydrogen-bond donors (Lipinski definition) is 2. The number of imidazole rings is 2. The number of H-pyrrole nitrogens is 1. The number of rotatable bonds is 1. The van der Waals surface area contributed by atoms with Gasteiger partial charge in [0.15, 0.2) is 0 Å². The Morgan fingerprint density at radius 1 is 1.50 bits per heavy atom. The fraction of sp³-hybridized carbons (Fsp3) is 0.182. The smallest absolute Gasteiger partial charge is 0.212 e. The lowest BCUT2D eigenvalue weighted by molar-refractivity contribution is 0.629. The summed E-state index contributed by atoms with van der Waals surface area (Å²) in [5, 5.41) is 0. The van der Waals surface area contributed by atoms with Crippen LogP contribution >= 0.6 is 0 Å². The SMILES string of the molecule is CC(N)c1cn2c(nc3ccc(F)cc32)[nH]1. The molecule has 4 nitrogen and oxygen atoms in total. The first-order valence-electron chi connectivity index (χ1n) is 5.07. The predicted octanol–water partition coefficient (Wildman–Crippen LogP) is 1.97. The van der Waals surface area contributed by atoms with E-state index in [2.05, 4.69) is 9.97 Å². The summed E-state index contributed by atoms with van der Waals surface area (Å²) >= 11 is 0. The van der Waals surface area contributed by atoms with Crippen LogP contribution in [0.4, 0.5) is 4.39 Å². The van der Waals surface area contributed by atoms with Gasteiger partial charge in [0.05, 0.1) is 16.7 Å². The molecule has 0 aliphatic heterocycles. The van der Waals surface area contributed by atoms with Crippen molar-refractivity contribution in [2.45, 2.75) is 13.0 Å². The second-order valence-electron chi connectivity index (χ2n) is 3.94. The molecule has 0 aliphatic carbocycles. The quantitative estimate of drug-likeness (QED) is 0.656. The molecule has 1 aromatic carbocycles. The highest BCUT2D eigenvalue weighted by atomic mass is 19.1. The van der Waals surface area contributed by atoms with E-state index in [0.29, 0.717) is 5.78 Å². The molecule has 0 aliphatic rings. The van der Waals surface area contributed by atoms with E-state index in [0.717, 1.165) is 16.7 Å². The predicted molar refractivity (Wildman–Crippen MR) is 59.6 cm³/mol. The molecule has 0 saturated carbocycles. The van der Waals surface area contributed by atoms with Crippen LogP contribution < -0.4 is 5.73 Å². The van der Waals surface area contributed by atoms with Crippen LogP contribution in [0.15, 0.2) is 24.4 Å². The third-order valence-electron chi connectivity index (χ3n) is 2.67. The molecule has 0 bridgehead atoms. The molecular formula is C11H11FN4. The molecule has 0 amide bonds. The van der Waals surface area contributed by atoms with Gasteiger partial charge < -0.3 is 10.7 Å². The minimum Gasteiger partial charge on any atom is -0.326 e. The van der Waals surface area contributed by atoms with Gasteiger partial charge in [-0.15, -0.1) is 0 Å². The highest BCUT2D eigenvalue weighted by molar-refractivity contribution is 5.79. The zero-order valence-corrected chi connectivity index (χ0v) is 8.74. The van der Waals surface area contributed by atoms with Gasteiger partial charge >= 0.3 is 0 Å². The average molecular weight is 218 g/mol. The Morgan fingerprint density at radius 3 is 3.06 bits per heavy atom. The Balaban J connectivity index is 2.36. The van der Waals surface area contributed by atoms with Crippen molar-refractivity contribution in [3.8, 4) is 0 Å². The third-order valence-corrected chi connectivity index (χ3v) is 2.67. The Bertz CT molecular complexity index is 665. The number of nitrogens with one attached hydrogen (secondary N) is 1. The molecule has 16 heavy (non-hydrogen) atoms. The summed E-state index contributed by atoms with van der Waals surface area (Å²) in [6, 6.07) is 4.44. The Kier molecular flexibility index (Phi) is 1.79. The lowest BCUT2D eigenvalue weighted by Crippen LogP contribution is -2.04. The minimum atomic E-state index is -0.266. The normalized spacial score (nSPS) is 13.7. The zero-order chi connectivity index (χ0) is 11.3. The van der Waals surface area contributed by atoms with Crippen molar-refractivity contribution in [1.29, 1.82) is 0 Å². The number of halogens is 1. The summed E-state index contributed by atoms with van der Waals surface area (Å²) in [5.41, 5.74) is 8.16. The summed E-state index contributed by atoms with van der Waals surface area (Å²) in [6.07, 6.45) is 1.86. The van der Waals surface area contributed by atoms with Gasteiger partial charge in [0.2, 0.25) is 5.78 Å². The van der Waals surface area contributed by atoms with Gasteiger partial charge in [0.25, 0.3) is 0 Å². The van der Waals surface area contributed by atoms with E-state index in [9.17, 15) is 4.39 Å². The lowest BCUT2D eigenvalue weighted by atomic mass is 10.3. The molecule has 0 spiro atoms. The van der Waals surface area contributed by atoms with E-state index < -0.39 is 0 Å². The molecule has 82 valence electrons. The topological polar surface area (TPSA) is 59.1 Å². The van der Waals surface area contributed by atoms with E-state index in [4.69, 9.17) is 5.73 Å². The van der Waals surface area contributed by atoms with Crippen LogP contribution in [0, 0.1) is 5.82 Å². The van der Waals surface area contributed by atoms with Crippen molar-refractivity contribution >= 4 is 16.8 Å². The monoisotopic (exact) mass is 218 g/mol. The molecule has 0 saturated heterocycles. The van der Waals surface area contributed by atoms with Gasteiger partial charge in [-0.25, -0.2) is 9.37 Å². The van der Waals surface area contributed by atoms with E-state index in [1.54, 1.807) is 6.07 Å². The second kappa shape index (κ2) is 3.05. The molecular weight excluding hydrogens is 207 g/mol. The van der Waals surface area contributed by atoms with Crippen LogP contribution in [0.2, 0.25) is 0 Å². The molecule has 2 aromatic heterocycles. The second-order valence-corrected chi connectivity index (χ2v) is 3.94. The standard InChI is InChI=1S/C11H11FN4/c1-6(13)9-5-16-10-4-7(12)2-3-8(10)14-11(16)15-9/h2-6H,13H2,1H3,(H,14,15). The summed E-state index contributed by atoms with van der Waals surface area (Å²) in [5.74, 6) is 0.422. The number of nitrogens with two attached hydrogens (primary N) is 1. The van der Waals surface area contributed by atoms with E-state index in [1.165, 1.54) is 12.1 Å². The van der Waals surface area contributed by atoms with E-state index in [1.807, 2.05) is 17.5 Å². The van der Waals surface area contributed by atoms with Crippen molar-refractivity contribution in [2.24, 2.45) is 5.73 Å². The third kappa shape index (κ3) is 1.22.